The van der Waals surface area contributed by atoms with Crippen molar-refractivity contribution in [1.29, 1.82) is 0 Å². The molecule has 0 aromatic carbocycles. The summed E-state index contributed by atoms with van der Waals surface area (Å²) in [6.07, 6.45) is 6.79. The minimum Gasteiger partial charge on any atom is -0.391 e. The van der Waals surface area contributed by atoms with Crippen molar-refractivity contribution in [2.24, 2.45) is 0 Å². The molecule has 21 heavy (non-hydrogen) atoms. The van der Waals surface area contributed by atoms with E-state index in [0.29, 0.717) is 13.1 Å². The Morgan fingerprint density at radius 2 is 1.71 bits per heavy atom. The van der Waals surface area contributed by atoms with E-state index in [4.69, 9.17) is 0 Å². The number of hydrogen-bond acceptors (Lipinski definition) is 4. The van der Waals surface area contributed by atoms with Gasteiger partial charge >= 0.3 is 0 Å². The summed E-state index contributed by atoms with van der Waals surface area (Å²) in [7, 11) is -3.08. The van der Waals surface area contributed by atoms with E-state index in [-0.39, 0.29) is 17.9 Å². The Kier molecular flexibility index (Phi) is 6.47. The van der Waals surface area contributed by atoms with Crippen LogP contribution in [0.2, 0.25) is 0 Å². The van der Waals surface area contributed by atoms with Crippen LogP contribution in [0.1, 0.15) is 51.9 Å². The monoisotopic (exact) mass is 318 g/mol. The second-order valence-electron chi connectivity index (χ2n) is 6.38. The third-order valence-corrected chi connectivity index (χ3v) is 6.79. The van der Waals surface area contributed by atoms with E-state index in [1.54, 1.807) is 4.31 Å². The van der Waals surface area contributed by atoms with Gasteiger partial charge in [0.2, 0.25) is 10.0 Å². The number of piperazine rings is 1. The summed E-state index contributed by atoms with van der Waals surface area (Å²) in [5.74, 6) is 0.285. The van der Waals surface area contributed by atoms with E-state index in [1.807, 2.05) is 0 Å². The Labute approximate surface area is 129 Å². The predicted octanol–water partition coefficient (Wildman–Crippen LogP) is 1.43. The predicted molar refractivity (Wildman–Crippen MR) is 84.7 cm³/mol. The molecule has 0 unspecified atom stereocenters. The molecule has 124 valence electrons. The van der Waals surface area contributed by atoms with Crippen LogP contribution in [0, 0.1) is 0 Å². The van der Waals surface area contributed by atoms with E-state index in [2.05, 4.69) is 11.8 Å². The van der Waals surface area contributed by atoms with Crippen LogP contribution in [0.4, 0.5) is 0 Å². The molecule has 2 atom stereocenters. The standard InChI is InChI=1S/C15H30N2O3S/c1-2-3-6-13-21(19,20)17-11-9-16(10-12-17)14-7-4-5-8-15(14)18/h14-15,18H,2-13H2,1H3/t14-,15-/m1/s1. The molecule has 0 amide bonds. The zero-order chi connectivity index (χ0) is 15.3. The molecule has 6 heteroatoms. The minimum atomic E-state index is -3.08. The second kappa shape index (κ2) is 7.90. The summed E-state index contributed by atoms with van der Waals surface area (Å²) in [6.45, 7) is 4.76. The lowest BCUT2D eigenvalue weighted by Crippen LogP contribution is -2.55. The van der Waals surface area contributed by atoms with Gasteiger partial charge in [-0.15, -0.1) is 0 Å². The van der Waals surface area contributed by atoms with Crippen molar-refractivity contribution in [1.82, 2.24) is 9.21 Å². The molecule has 2 aliphatic rings. The van der Waals surface area contributed by atoms with Crippen molar-refractivity contribution >= 4 is 10.0 Å². The van der Waals surface area contributed by atoms with Crippen molar-refractivity contribution < 1.29 is 13.5 Å². The zero-order valence-corrected chi connectivity index (χ0v) is 14.0. The first-order chi connectivity index (χ1) is 10.0. The average Bonchev–Trinajstić information content (AvgIpc) is 2.48. The molecule has 0 bridgehead atoms. The highest BCUT2D eigenvalue weighted by atomic mass is 32.2. The SMILES string of the molecule is CCCCCS(=O)(=O)N1CCN([C@@H]2CCCC[C@H]2O)CC1. The Morgan fingerprint density at radius 1 is 1.05 bits per heavy atom. The summed E-state index contributed by atoms with van der Waals surface area (Å²) in [5, 5.41) is 10.1. The normalized spacial score (nSPS) is 29.6. The topological polar surface area (TPSA) is 60.9 Å². The number of aliphatic hydroxyl groups is 1. The molecule has 0 radical (unpaired) electrons. The molecular formula is C15H30N2O3S. The second-order valence-corrected chi connectivity index (χ2v) is 8.47. The first-order valence-electron chi connectivity index (χ1n) is 8.44. The Hall–Kier alpha value is -0.170. The molecule has 1 aliphatic carbocycles. The maximum Gasteiger partial charge on any atom is 0.214 e. The largest absolute Gasteiger partial charge is 0.391 e. The summed E-state index contributed by atoms with van der Waals surface area (Å²) in [4.78, 5) is 2.29. The van der Waals surface area contributed by atoms with Crippen LogP contribution in [0.15, 0.2) is 0 Å². The third kappa shape index (κ3) is 4.65. The fraction of sp³-hybridized carbons (Fsp3) is 1.00. The number of rotatable bonds is 6. The fourth-order valence-corrected chi connectivity index (χ4v) is 5.04. The number of aliphatic hydroxyl groups excluding tert-OH is 1. The average molecular weight is 318 g/mol. The van der Waals surface area contributed by atoms with Gasteiger partial charge in [-0.05, 0) is 19.3 Å². The van der Waals surface area contributed by atoms with E-state index in [0.717, 1.165) is 51.6 Å². The highest BCUT2D eigenvalue weighted by Crippen LogP contribution is 2.24. The van der Waals surface area contributed by atoms with Crippen molar-refractivity contribution in [2.45, 2.75) is 64.0 Å². The van der Waals surface area contributed by atoms with Gasteiger partial charge in [0.05, 0.1) is 11.9 Å². The van der Waals surface area contributed by atoms with Gasteiger partial charge in [0, 0.05) is 32.2 Å². The molecule has 0 aromatic rings. The van der Waals surface area contributed by atoms with Gasteiger partial charge in [0.25, 0.3) is 0 Å². The van der Waals surface area contributed by atoms with Gasteiger partial charge in [0.1, 0.15) is 0 Å². The lowest BCUT2D eigenvalue weighted by atomic mass is 9.91. The molecule has 1 N–H and O–H groups in total. The van der Waals surface area contributed by atoms with Crippen molar-refractivity contribution in [3.63, 3.8) is 0 Å². The fourth-order valence-electron chi connectivity index (χ4n) is 3.49. The Balaban J connectivity index is 1.82. The molecule has 1 saturated carbocycles. The summed E-state index contributed by atoms with van der Waals surface area (Å²) in [5.41, 5.74) is 0. The molecule has 1 heterocycles. The maximum atomic E-state index is 12.3. The summed E-state index contributed by atoms with van der Waals surface area (Å²) in [6, 6.07) is 0.240. The highest BCUT2D eigenvalue weighted by Gasteiger charge is 2.33. The number of hydrogen-bond donors (Lipinski definition) is 1. The van der Waals surface area contributed by atoms with E-state index in [1.165, 1.54) is 6.42 Å². The molecule has 0 spiro atoms. The minimum absolute atomic E-state index is 0.230. The van der Waals surface area contributed by atoms with Crippen LogP contribution in [-0.2, 0) is 10.0 Å². The molecule has 1 aliphatic heterocycles. The van der Waals surface area contributed by atoms with Gasteiger partial charge < -0.3 is 5.11 Å². The Bertz CT molecular complexity index is 405. The lowest BCUT2D eigenvalue weighted by molar-refractivity contribution is 0.00640. The first kappa shape index (κ1) is 17.2. The van der Waals surface area contributed by atoms with Gasteiger partial charge in [-0.3, -0.25) is 4.90 Å². The number of sulfonamides is 1. The van der Waals surface area contributed by atoms with Gasteiger partial charge in [-0.25, -0.2) is 8.42 Å². The lowest BCUT2D eigenvalue weighted by Gasteiger charge is -2.42. The van der Waals surface area contributed by atoms with Gasteiger partial charge in [-0.2, -0.15) is 4.31 Å². The van der Waals surface area contributed by atoms with Crippen molar-refractivity contribution in [3.8, 4) is 0 Å². The van der Waals surface area contributed by atoms with E-state index < -0.39 is 10.0 Å². The molecule has 2 rings (SSSR count). The summed E-state index contributed by atoms with van der Waals surface area (Å²) >= 11 is 0. The third-order valence-electron chi connectivity index (χ3n) is 4.84. The van der Waals surface area contributed by atoms with Gasteiger partial charge in [0.15, 0.2) is 0 Å². The van der Waals surface area contributed by atoms with Crippen LogP contribution in [-0.4, -0.2) is 66.8 Å². The quantitative estimate of drug-likeness (QED) is 0.753. The number of unbranched alkanes of at least 4 members (excludes halogenated alkanes) is 2. The highest BCUT2D eigenvalue weighted by molar-refractivity contribution is 7.89. The molecule has 1 saturated heterocycles. The molecule has 2 fully saturated rings. The first-order valence-corrected chi connectivity index (χ1v) is 10.1. The van der Waals surface area contributed by atoms with Crippen LogP contribution < -0.4 is 0 Å². The van der Waals surface area contributed by atoms with E-state index >= 15 is 0 Å². The van der Waals surface area contributed by atoms with Crippen LogP contribution in [0.25, 0.3) is 0 Å². The van der Waals surface area contributed by atoms with Gasteiger partial charge in [-0.1, -0.05) is 32.6 Å². The van der Waals surface area contributed by atoms with Crippen molar-refractivity contribution in [3.05, 3.63) is 0 Å². The molecule has 0 aromatic heterocycles. The van der Waals surface area contributed by atoms with Crippen molar-refractivity contribution in [2.75, 3.05) is 31.9 Å². The Morgan fingerprint density at radius 3 is 2.33 bits per heavy atom. The smallest absolute Gasteiger partial charge is 0.214 e. The molecular weight excluding hydrogens is 288 g/mol. The van der Waals surface area contributed by atoms with Crippen LogP contribution >= 0.6 is 0 Å². The van der Waals surface area contributed by atoms with E-state index in [9.17, 15) is 13.5 Å². The molecule has 5 nitrogen and oxygen atoms in total. The van der Waals surface area contributed by atoms with Crippen LogP contribution in [0.3, 0.4) is 0 Å². The summed E-state index contributed by atoms with van der Waals surface area (Å²) < 4.78 is 26.2. The number of nitrogens with zero attached hydrogens (tertiary/aromatic N) is 2. The van der Waals surface area contributed by atoms with Crippen LogP contribution in [0.5, 0.6) is 0 Å². The maximum absolute atomic E-state index is 12.3. The zero-order valence-electron chi connectivity index (χ0n) is 13.2.